The summed E-state index contributed by atoms with van der Waals surface area (Å²) in [5.41, 5.74) is 3.02. The quantitative estimate of drug-likeness (QED) is 0.852. The predicted molar refractivity (Wildman–Crippen MR) is 92.3 cm³/mol. The van der Waals surface area contributed by atoms with Gasteiger partial charge in [-0.15, -0.1) is 0 Å². The monoisotopic (exact) mass is 329 g/mol. The summed E-state index contributed by atoms with van der Waals surface area (Å²) in [7, 11) is 1.81. The van der Waals surface area contributed by atoms with Crippen molar-refractivity contribution >= 4 is 11.8 Å². The zero-order valence-corrected chi connectivity index (χ0v) is 14.9. The Balaban J connectivity index is 1.62. The summed E-state index contributed by atoms with van der Waals surface area (Å²) in [6.07, 6.45) is 4.95. The maximum atomic E-state index is 12.7. The summed E-state index contributed by atoms with van der Waals surface area (Å²) >= 11 is 0. The molecule has 0 spiro atoms. The van der Waals surface area contributed by atoms with Gasteiger partial charge in [0.05, 0.1) is 18.2 Å². The maximum absolute atomic E-state index is 12.7. The number of aromatic nitrogens is 1. The number of pyridine rings is 1. The normalized spacial score (nSPS) is 21.5. The third-order valence-corrected chi connectivity index (χ3v) is 5.20. The first-order chi connectivity index (χ1) is 11.4. The van der Waals surface area contributed by atoms with Crippen molar-refractivity contribution < 1.29 is 9.59 Å². The minimum atomic E-state index is -0.200. The molecule has 2 fully saturated rings. The highest BCUT2D eigenvalue weighted by molar-refractivity contribution is 5.89. The van der Waals surface area contributed by atoms with E-state index in [-0.39, 0.29) is 17.7 Å². The van der Waals surface area contributed by atoms with Crippen molar-refractivity contribution in [3.05, 3.63) is 29.1 Å². The molecule has 1 aliphatic carbocycles. The molecule has 0 radical (unpaired) electrons. The number of carbonyl (C=O) groups excluding carboxylic acids is 2. The zero-order chi connectivity index (χ0) is 17.3. The number of likely N-dealkylation sites (tertiary alicyclic amines) is 1. The number of aryl methyl sites for hydroxylation is 2. The predicted octanol–water partition coefficient (Wildman–Crippen LogP) is 2.45. The average Bonchev–Trinajstić information content (AvgIpc) is 3.14. The van der Waals surface area contributed by atoms with Gasteiger partial charge in [0.2, 0.25) is 11.8 Å². The van der Waals surface area contributed by atoms with Crippen LogP contribution in [-0.4, -0.2) is 46.2 Å². The molecule has 0 N–H and O–H groups in total. The van der Waals surface area contributed by atoms with Crippen molar-refractivity contribution in [2.24, 2.45) is 5.92 Å². The van der Waals surface area contributed by atoms with E-state index in [1.807, 2.05) is 37.9 Å². The van der Waals surface area contributed by atoms with E-state index in [1.54, 1.807) is 4.90 Å². The van der Waals surface area contributed by atoms with Gasteiger partial charge in [-0.1, -0.05) is 12.8 Å². The number of carbonyl (C=O) groups is 2. The van der Waals surface area contributed by atoms with Crippen LogP contribution in [0, 0.1) is 19.8 Å². The second kappa shape index (κ2) is 6.91. The fourth-order valence-electron chi connectivity index (χ4n) is 4.10. The largest absolute Gasteiger partial charge is 0.340 e. The fraction of sp³-hybridized carbons (Fsp3) is 0.632. The topological polar surface area (TPSA) is 53.5 Å². The molecule has 130 valence electrons. The van der Waals surface area contributed by atoms with Crippen LogP contribution in [0.15, 0.2) is 12.1 Å². The van der Waals surface area contributed by atoms with Gasteiger partial charge in [-0.2, -0.15) is 0 Å². The smallest absolute Gasteiger partial charge is 0.228 e. The van der Waals surface area contributed by atoms with Crippen molar-refractivity contribution in [1.82, 2.24) is 14.8 Å². The van der Waals surface area contributed by atoms with Gasteiger partial charge in [-0.25, -0.2) is 0 Å². The lowest BCUT2D eigenvalue weighted by Gasteiger charge is -2.25. The highest BCUT2D eigenvalue weighted by Gasteiger charge is 2.39. The molecule has 0 aromatic carbocycles. The van der Waals surface area contributed by atoms with E-state index >= 15 is 0 Å². The minimum absolute atomic E-state index is 0.0600. The number of amides is 2. The van der Waals surface area contributed by atoms with Crippen molar-refractivity contribution in [2.75, 3.05) is 13.6 Å². The highest BCUT2D eigenvalue weighted by atomic mass is 16.2. The van der Waals surface area contributed by atoms with Crippen LogP contribution in [0.1, 0.15) is 49.1 Å². The van der Waals surface area contributed by atoms with Crippen molar-refractivity contribution in [2.45, 2.75) is 58.5 Å². The number of hydrogen-bond acceptors (Lipinski definition) is 3. The van der Waals surface area contributed by atoms with Crippen molar-refractivity contribution in [3.8, 4) is 0 Å². The molecule has 5 nitrogen and oxygen atoms in total. The molecular formula is C19H27N3O2. The van der Waals surface area contributed by atoms with Gasteiger partial charge in [0.25, 0.3) is 0 Å². The number of hydrogen-bond donors (Lipinski definition) is 0. The Kier molecular flexibility index (Phi) is 4.88. The zero-order valence-electron chi connectivity index (χ0n) is 14.9. The van der Waals surface area contributed by atoms with Crippen molar-refractivity contribution in [1.29, 1.82) is 0 Å². The van der Waals surface area contributed by atoms with Gasteiger partial charge in [-0.3, -0.25) is 14.6 Å². The van der Waals surface area contributed by atoms with E-state index in [9.17, 15) is 9.59 Å². The number of rotatable bonds is 4. The van der Waals surface area contributed by atoms with Gasteiger partial charge in [-0.05, 0) is 44.4 Å². The molecule has 2 aliphatic rings. The summed E-state index contributed by atoms with van der Waals surface area (Å²) < 4.78 is 0. The van der Waals surface area contributed by atoms with Crippen LogP contribution in [0.2, 0.25) is 0 Å². The summed E-state index contributed by atoms with van der Waals surface area (Å²) in [5, 5.41) is 0. The summed E-state index contributed by atoms with van der Waals surface area (Å²) in [4.78, 5) is 33.2. The van der Waals surface area contributed by atoms with Crippen LogP contribution in [0.5, 0.6) is 0 Å². The molecule has 5 heteroatoms. The number of nitrogens with zero attached hydrogens (tertiary/aromatic N) is 3. The SMILES string of the molecule is Cc1cc(C)nc(CN(C)C(=O)[C@H]2CC(=O)N(C3CCCC3)C2)c1. The van der Waals surface area contributed by atoms with Crippen LogP contribution in [-0.2, 0) is 16.1 Å². The average molecular weight is 329 g/mol. The molecule has 2 heterocycles. The van der Waals surface area contributed by atoms with Gasteiger partial charge in [0.1, 0.15) is 0 Å². The molecule has 0 bridgehead atoms. The lowest BCUT2D eigenvalue weighted by atomic mass is 10.1. The van der Waals surface area contributed by atoms with Gasteiger partial charge < -0.3 is 9.80 Å². The molecule has 1 aromatic heterocycles. The maximum Gasteiger partial charge on any atom is 0.228 e. The molecule has 0 unspecified atom stereocenters. The molecule has 1 saturated heterocycles. The molecule has 1 atom stereocenters. The van der Waals surface area contributed by atoms with Crippen LogP contribution >= 0.6 is 0 Å². The Hall–Kier alpha value is -1.91. The second-order valence-corrected chi connectivity index (χ2v) is 7.36. The van der Waals surface area contributed by atoms with E-state index in [4.69, 9.17) is 0 Å². The minimum Gasteiger partial charge on any atom is -0.340 e. The van der Waals surface area contributed by atoms with Gasteiger partial charge in [0.15, 0.2) is 0 Å². The molecule has 1 aromatic rings. The first-order valence-electron chi connectivity index (χ1n) is 8.92. The van der Waals surface area contributed by atoms with E-state index in [2.05, 4.69) is 4.98 Å². The van der Waals surface area contributed by atoms with Gasteiger partial charge >= 0.3 is 0 Å². The van der Waals surface area contributed by atoms with E-state index < -0.39 is 0 Å². The summed E-state index contributed by atoms with van der Waals surface area (Å²) in [5.74, 6) is 0.0111. The highest BCUT2D eigenvalue weighted by Crippen LogP contribution is 2.30. The van der Waals surface area contributed by atoms with Crippen LogP contribution in [0.4, 0.5) is 0 Å². The van der Waals surface area contributed by atoms with Crippen LogP contribution < -0.4 is 0 Å². The summed E-state index contributed by atoms with van der Waals surface area (Å²) in [6.45, 7) is 5.09. The Bertz CT molecular complexity index is 617. The molecule has 24 heavy (non-hydrogen) atoms. The Morgan fingerprint density at radius 3 is 2.67 bits per heavy atom. The van der Waals surface area contributed by atoms with Crippen LogP contribution in [0.3, 0.4) is 0 Å². The molecule has 1 saturated carbocycles. The Morgan fingerprint density at radius 2 is 2.00 bits per heavy atom. The third-order valence-electron chi connectivity index (χ3n) is 5.20. The van der Waals surface area contributed by atoms with E-state index in [0.717, 1.165) is 29.8 Å². The lowest BCUT2D eigenvalue weighted by molar-refractivity contribution is -0.135. The second-order valence-electron chi connectivity index (χ2n) is 7.36. The third kappa shape index (κ3) is 3.60. The molecule has 3 rings (SSSR count). The van der Waals surface area contributed by atoms with E-state index in [1.165, 1.54) is 12.8 Å². The molecular weight excluding hydrogens is 302 g/mol. The Morgan fingerprint density at radius 1 is 1.29 bits per heavy atom. The van der Waals surface area contributed by atoms with Crippen molar-refractivity contribution in [3.63, 3.8) is 0 Å². The van der Waals surface area contributed by atoms with Gasteiger partial charge in [0, 0.05) is 31.7 Å². The fourth-order valence-corrected chi connectivity index (χ4v) is 4.10. The first-order valence-corrected chi connectivity index (χ1v) is 8.92. The van der Waals surface area contributed by atoms with Crippen LogP contribution in [0.25, 0.3) is 0 Å². The molecule has 2 amide bonds. The standard InChI is InChI=1S/C19H27N3O2/c1-13-8-14(2)20-16(9-13)12-21(3)19(24)15-10-18(23)22(11-15)17-6-4-5-7-17/h8-9,15,17H,4-7,10-12H2,1-3H3/t15-/m0/s1. The molecule has 1 aliphatic heterocycles. The summed E-state index contributed by atoms with van der Waals surface area (Å²) in [6, 6.07) is 4.41. The first kappa shape index (κ1) is 16.9. The Labute approximate surface area is 144 Å². The lowest BCUT2D eigenvalue weighted by Crippen LogP contribution is -2.37. The van der Waals surface area contributed by atoms with E-state index in [0.29, 0.717) is 25.6 Å².